The number of fused-ring (bicyclic) bond motifs is 4. The largest absolute Gasteiger partial charge is 0.255 e. The molecule has 0 saturated carbocycles. The van der Waals surface area contributed by atoms with Gasteiger partial charge in [0, 0.05) is 34.1 Å². The Balaban J connectivity index is 1.40. The van der Waals surface area contributed by atoms with Crippen LogP contribution in [0.5, 0.6) is 0 Å². The Bertz CT molecular complexity index is 2170. The third kappa shape index (κ3) is 4.18. The topological polar surface area (TPSA) is 51.6 Å². The molecule has 0 spiro atoms. The fourth-order valence-electron chi connectivity index (χ4n) is 5.76. The maximum Gasteiger partial charge on any atom is 0.0900 e. The Kier molecular flexibility index (Phi) is 5.75. The molecule has 196 valence electrons. The zero-order chi connectivity index (χ0) is 27.9. The van der Waals surface area contributed by atoms with Crippen LogP contribution >= 0.6 is 0 Å². The first-order valence-corrected chi connectivity index (χ1v) is 14.0. The number of aromatic nitrogens is 4. The van der Waals surface area contributed by atoms with Gasteiger partial charge in [0.25, 0.3) is 0 Å². The average Bonchev–Trinajstić information content (AvgIpc) is 3.08. The number of pyridine rings is 4. The van der Waals surface area contributed by atoms with Gasteiger partial charge in [-0.1, -0.05) is 91.0 Å². The van der Waals surface area contributed by atoms with Crippen molar-refractivity contribution >= 4 is 32.6 Å². The Labute approximate surface area is 243 Å². The second-order valence-corrected chi connectivity index (χ2v) is 10.3. The average molecular weight is 537 g/mol. The van der Waals surface area contributed by atoms with Crippen LogP contribution in [-0.2, 0) is 0 Å². The molecular weight excluding hydrogens is 512 g/mol. The van der Waals surface area contributed by atoms with Gasteiger partial charge in [-0.05, 0) is 64.5 Å². The Hall–Kier alpha value is -5.74. The van der Waals surface area contributed by atoms with Crippen LogP contribution in [0, 0.1) is 0 Å². The summed E-state index contributed by atoms with van der Waals surface area (Å²) in [5, 5.41) is 4.61. The molecule has 0 saturated heterocycles. The van der Waals surface area contributed by atoms with Crippen molar-refractivity contribution in [1.82, 2.24) is 19.9 Å². The van der Waals surface area contributed by atoms with Crippen molar-refractivity contribution in [2.24, 2.45) is 0 Å². The lowest BCUT2D eigenvalue weighted by Crippen LogP contribution is -1.94. The van der Waals surface area contributed by atoms with Gasteiger partial charge >= 0.3 is 0 Å². The van der Waals surface area contributed by atoms with Crippen molar-refractivity contribution in [1.29, 1.82) is 0 Å². The summed E-state index contributed by atoms with van der Waals surface area (Å²) >= 11 is 0. The Morgan fingerprint density at radius 2 is 1.05 bits per heavy atom. The molecule has 0 bridgehead atoms. The Morgan fingerprint density at radius 1 is 0.381 bits per heavy atom. The van der Waals surface area contributed by atoms with Gasteiger partial charge in [-0.15, -0.1) is 0 Å². The molecule has 4 aromatic heterocycles. The lowest BCUT2D eigenvalue weighted by molar-refractivity contribution is 1.22. The van der Waals surface area contributed by atoms with E-state index in [0.29, 0.717) is 0 Å². The predicted molar refractivity (Wildman–Crippen MR) is 172 cm³/mol. The molecule has 0 fully saturated rings. The van der Waals surface area contributed by atoms with E-state index >= 15 is 0 Å². The fourth-order valence-corrected chi connectivity index (χ4v) is 5.76. The Morgan fingerprint density at radius 3 is 1.76 bits per heavy atom. The molecule has 0 N–H and O–H groups in total. The number of nitrogens with zero attached hydrogens (tertiary/aromatic N) is 4. The van der Waals surface area contributed by atoms with Gasteiger partial charge in [-0.3, -0.25) is 9.97 Å². The minimum Gasteiger partial charge on any atom is -0.255 e. The maximum absolute atomic E-state index is 5.30. The van der Waals surface area contributed by atoms with Crippen LogP contribution in [-0.4, -0.2) is 19.9 Å². The summed E-state index contributed by atoms with van der Waals surface area (Å²) in [5.74, 6) is 0. The second kappa shape index (κ2) is 10.0. The highest BCUT2D eigenvalue weighted by Gasteiger charge is 2.16. The van der Waals surface area contributed by atoms with E-state index < -0.39 is 0 Å². The van der Waals surface area contributed by atoms with E-state index in [-0.39, 0.29) is 0 Å². The number of hydrogen-bond donors (Lipinski definition) is 0. The van der Waals surface area contributed by atoms with Crippen molar-refractivity contribution < 1.29 is 0 Å². The first kappa shape index (κ1) is 24.1. The molecule has 4 nitrogen and oxygen atoms in total. The monoisotopic (exact) mass is 536 g/mol. The van der Waals surface area contributed by atoms with Crippen molar-refractivity contribution in [3.63, 3.8) is 0 Å². The quantitative estimate of drug-likeness (QED) is 0.166. The second-order valence-electron chi connectivity index (χ2n) is 10.3. The number of rotatable bonds is 4. The summed E-state index contributed by atoms with van der Waals surface area (Å²) in [6.07, 6.45) is 3.59. The van der Waals surface area contributed by atoms with E-state index in [0.717, 1.165) is 61.1 Å². The van der Waals surface area contributed by atoms with Crippen LogP contribution in [0.3, 0.4) is 0 Å². The van der Waals surface area contributed by atoms with Gasteiger partial charge in [-0.25, -0.2) is 9.97 Å². The molecule has 0 unspecified atom stereocenters. The van der Waals surface area contributed by atoms with Crippen LogP contribution in [0.25, 0.3) is 77.6 Å². The first-order valence-electron chi connectivity index (χ1n) is 14.0. The zero-order valence-corrected chi connectivity index (χ0v) is 22.6. The summed E-state index contributed by atoms with van der Waals surface area (Å²) in [6, 6.07) is 46.0. The molecule has 8 aromatic rings. The van der Waals surface area contributed by atoms with Crippen molar-refractivity contribution in [3.05, 3.63) is 146 Å². The maximum atomic E-state index is 5.30. The van der Waals surface area contributed by atoms with Gasteiger partial charge in [0.05, 0.1) is 33.8 Å². The molecule has 4 aromatic carbocycles. The standard InChI is InChI=1S/C38H24N4/c1-2-11-26(12-3-1)37-30-18-17-27(22-34(30)42-38-29-13-5-4-10-25(29)16-19-31(37)38)28-23-35(32-14-6-8-20-39-32)41-36(24-28)33-15-7-9-21-40-33/h1-24H. The molecule has 0 aliphatic rings. The van der Waals surface area contributed by atoms with Gasteiger partial charge < -0.3 is 0 Å². The number of hydrogen-bond acceptors (Lipinski definition) is 4. The summed E-state index contributed by atoms with van der Waals surface area (Å²) in [6.45, 7) is 0. The smallest absolute Gasteiger partial charge is 0.0900 e. The molecule has 8 rings (SSSR count). The van der Waals surface area contributed by atoms with E-state index in [1.165, 1.54) is 16.5 Å². The zero-order valence-electron chi connectivity index (χ0n) is 22.6. The van der Waals surface area contributed by atoms with Gasteiger partial charge in [0.2, 0.25) is 0 Å². The summed E-state index contributed by atoms with van der Waals surface area (Å²) < 4.78 is 0. The van der Waals surface area contributed by atoms with E-state index in [2.05, 4.69) is 107 Å². The van der Waals surface area contributed by atoms with E-state index in [4.69, 9.17) is 9.97 Å². The predicted octanol–water partition coefficient (Wildman–Crippen LogP) is 9.39. The lowest BCUT2D eigenvalue weighted by atomic mass is 9.92. The molecule has 0 radical (unpaired) electrons. The molecule has 0 aliphatic carbocycles. The first-order chi connectivity index (χ1) is 20.8. The van der Waals surface area contributed by atoms with E-state index in [1.54, 1.807) is 12.4 Å². The highest BCUT2D eigenvalue weighted by Crippen LogP contribution is 2.39. The van der Waals surface area contributed by atoms with Crippen LogP contribution < -0.4 is 0 Å². The van der Waals surface area contributed by atoms with Crippen LogP contribution in [0.2, 0.25) is 0 Å². The van der Waals surface area contributed by atoms with E-state index in [9.17, 15) is 0 Å². The third-order valence-electron chi connectivity index (χ3n) is 7.75. The van der Waals surface area contributed by atoms with Crippen molar-refractivity contribution in [2.75, 3.05) is 0 Å². The normalized spacial score (nSPS) is 11.3. The van der Waals surface area contributed by atoms with Gasteiger partial charge in [0.15, 0.2) is 0 Å². The summed E-state index contributed by atoms with van der Waals surface area (Å²) in [4.78, 5) is 19.4. The third-order valence-corrected chi connectivity index (χ3v) is 7.75. The summed E-state index contributed by atoms with van der Waals surface area (Å²) in [7, 11) is 0. The minimum absolute atomic E-state index is 0.802. The molecule has 0 atom stereocenters. The molecule has 4 heterocycles. The van der Waals surface area contributed by atoms with Crippen LogP contribution in [0.15, 0.2) is 146 Å². The van der Waals surface area contributed by atoms with Crippen LogP contribution in [0.4, 0.5) is 0 Å². The van der Waals surface area contributed by atoms with Gasteiger partial charge in [0.1, 0.15) is 0 Å². The molecule has 0 amide bonds. The van der Waals surface area contributed by atoms with Crippen molar-refractivity contribution in [3.8, 4) is 45.0 Å². The summed E-state index contributed by atoms with van der Waals surface area (Å²) in [5.41, 5.74) is 9.67. The number of benzene rings is 4. The van der Waals surface area contributed by atoms with Crippen LogP contribution in [0.1, 0.15) is 0 Å². The van der Waals surface area contributed by atoms with E-state index in [1.807, 2.05) is 36.4 Å². The SMILES string of the molecule is c1ccc(-c2c3ccc(-c4cc(-c5ccccn5)nc(-c5ccccn5)c4)cc3nc3c2ccc2ccccc23)cc1. The highest BCUT2D eigenvalue weighted by molar-refractivity contribution is 6.17. The lowest BCUT2D eigenvalue weighted by Gasteiger charge is -2.15. The van der Waals surface area contributed by atoms with Gasteiger partial charge in [-0.2, -0.15) is 0 Å². The fraction of sp³-hybridized carbons (Fsp3) is 0. The molecule has 4 heteroatoms. The molecular formula is C38H24N4. The highest BCUT2D eigenvalue weighted by atomic mass is 14.8. The molecule has 0 aliphatic heterocycles. The van der Waals surface area contributed by atoms with Crippen molar-refractivity contribution in [2.45, 2.75) is 0 Å². The minimum atomic E-state index is 0.802. The molecule has 42 heavy (non-hydrogen) atoms.